The van der Waals surface area contributed by atoms with Crippen LogP contribution in [0.3, 0.4) is 0 Å². The van der Waals surface area contributed by atoms with Crippen molar-refractivity contribution in [2.75, 3.05) is 25.0 Å². The van der Waals surface area contributed by atoms with Gasteiger partial charge in [0.2, 0.25) is 0 Å². The highest BCUT2D eigenvalue weighted by molar-refractivity contribution is 6.05. The summed E-state index contributed by atoms with van der Waals surface area (Å²) in [6, 6.07) is 40.7. The Morgan fingerprint density at radius 2 is 0.944 bits per heavy atom. The van der Waals surface area contributed by atoms with Crippen molar-refractivity contribution in [3.8, 4) is 0 Å². The van der Waals surface area contributed by atoms with Crippen molar-refractivity contribution in [3.05, 3.63) is 196 Å². The summed E-state index contributed by atoms with van der Waals surface area (Å²) >= 11 is 0. The van der Waals surface area contributed by atoms with Crippen LogP contribution in [0.1, 0.15) is 297 Å². The van der Waals surface area contributed by atoms with Crippen molar-refractivity contribution in [3.63, 3.8) is 0 Å². The number of amides is 2. The second-order valence-corrected chi connectivity index (χ2v) is 23.9. The van der Waals surface area contributed by atoms with E-state index in [4.69, 9.17) is 9.84 Å². The van der Waals surface area contributed by atoms with Crippen molar-refractivity contribution in [2.24, 2.45) is 5.41 Å². The summed E-state index contributed by atoms with van der Waals surface area (Å²) < 4.78 is 5.02. The maximum Gasteiger partial charge on any atom is 0.338 e. The minimum Gasteiger partial charge on any atom is -0.462 e. The van der Waals surface area contributed by atoms with Crippen molar-refractivity contribution in [1.29, 1.82) is 0 Å². The Bertz CT molecular complexity index is 2510. The van der Waals surface area contributed by atoms with Gasteiger partial charge in [-0.3, -0.25) is 9.59 Å². The van der Waals surface area contributed by atoms with Gasteiger partial charge in [-0.15, -0.1) is 0 Å². The van der Waals surface area contributed by atoms with Gasteiger partial charge >= 0.3 is 5.97 Å². The number of hydrogen-bond acceptors (Lipinski definition) is 5. The molecule has 0 fully saturated rings. The standard InChI is InChI=1S/C14H13NO.C12H17NO.C11H14O2.C11H14.C11H24.C10H18.C9H20.C4H10O.CH4/c1-11-7-5-6-10-13(11)14(16)15-12-8-3-2-4-9-12;1-4-13(5-2)12(14)11-9-7-6-8-10(11)3;1-3-8-13-11(12)10-7-5-4-6-9(10)2;1-9(2)8-11-6-4-10(3)5-7-11;1-3-5-7-9-11-10-8-6-4-2;1-3-10(4-2)8-6-5-7-9-10;1-3-5-7-9-8-6-4-2;1-3-4(2)5;/h2-10H,1H3,(H,15,16);6-9H,4-5H2,1-3H3;4-7H,3,8H2,1-2H3;4-7H,1,8H2,2-3H3;3-11H2,1-2H3;5-6H,3-4,7-9H2,1-2H3;3-9H2,1-2H3;4-5H,3H2,1-2H3;1H4. The molecule has 5 aromatic rings. The summed E-state index contributed by atoms with van der Waals surface area (Å²) in [5.41, 5.74) is 10.6. The number of nitrogens with zero attached hydrogens (tertiary/aromatic N) is 1. The smallest absolute Gasteiger partial charge is 0.338 e. The fourth-order valence-corrected chi connectivity index (χ4v) is 9.42. The molecule has 7 nitrogen and oxygen atoms in total. The van der Waals surface area contributed by atoms with Gasteiger partial charge < -0.3 is 20.1 Å². The molecule has 5 aromatic carbocycles. The topological polar surface area (TPSA) is 95.9 Å². The highest BCUT2D eigenvalue weighted by Gasteiger charge is 2.25. The molecule has 2 amide bonds. The number of aliphatic hydroxyl groups excluding tert-OH is 1. The van der Waals surface area contributed by atoms with Crippen LogP contribution in [0.2, 0.25) is 0 Å². The average molecular weight is 1240 g/mol. The minimum atomic E-state index is -0.222. The quantitative estimate of drug-likeness (QED) is 0.0310. The molecule has 7 heteroatoms. The second-order valence-electron chi connectivity index (χ2n) is 23.9. The number of carbonyl (C=O) groups is 3. The monoisotopic (exact) mass is 1240 g/mol. The SMILES string of the molecule is C.C=C(C)Cc1ccc(C)cc1.CCC(C)O.CCC1(CC)CC=CCC1.CCCCCCCCC.CCCCCCCCCCC.CCCOC(=O)c1ccccc1C.CCN(CC)C(=O)c1ccccc1C.Cc1ccccc1C(=O)Nc1ccccc1. The van der Waals surface area contributed by atoms with Crippen LogP contribution in [0.15, 0.2) is 152 Å². The van der Waals surface area contributed by atoms with Crippen LogP contribution in [0, 0.1) is 33.1 Å². The number of nitrogens with one attached hydrogen (secondary N) is 1. The zero-order chi connectivity index (χ0) is 66.9. The molecule has 0 saturated carbocycles. The van der Waals surface area contributed by atoms with Gasteiger partial charge in [0.25, 0.3) is 11.8 Å². The van der Waals surface area contributed by atoms with Crippen molar-refractivity contribution < 1.29 is 24.2 Å². The molecule has 0 radical (unpaired) electrons. The molecule has 1 atom stereocenters. The van der Waals surface area contributed by atoms with Crippen LogP contribution in [0.4, 0.5) is 5.69 Å². The van der Waals surface area contributed by atoms with E-state index in [1.165, 1.54) is 152 Å². The van der Waals surface area contributed by atoms with E-state index in [1.807, 2.05) is 150 Å². The summed E-state index contributed by atoms with van der Waals surface area (Å²) in [5.74, 6) is -0.155. The third-order valence-corrected chi connectivity index (χ3v) is 15.8. The lowest BCUT2D eigenvalue weighted by Gasteiger charge is -2.32. The van der Waals surface area contributed by atoms with Crippen LogP contribution >= 0.6 is 0 Å². The lowest BCUT2D eigenvalue weighted by molar-refractivity contribution is 0.0503. The lowest BCUT2D eigenvalue weighted by Crippen LogP contribution is -2.30. The Morgan fingerprint density at radius 3 is 1.29 bits per heavy atom. The van der Waals surface area contributed by atoms with E-state index in [9.17, 15) is 14.4 Å². The predicted molar refractivity (Wildman–Crippen MR) is 397 cm³/mol. The molecular weight excluding hydrogens is 1100 g/mol. The first-order chi connectivity index (χ1) is 42.8. The maximum atomic E-state index is 12.0. The fourth-order valence-electron chi connectivity index (χ4n) is 9.42. The van der Waals surface area contributed by atoms with Crippen molar-refractivity contribution in [2.45, 2.75) is 278 Å². The number of allylic oxidation sites excluding steroid dienone is 3. The van der Waals surface area contributed by atoms with E-state index in [0.717, 1.165) is 60.3 Å². The van der Waals surface area contributed by atoms with Gasteiger partial charge in [0.05, 0.1) is 18.3 Å². The van der Waals surface area contributed by atoms with Gasteiger partial charge in [0.1, 0.15) is 0 Å². The predicted octanol–water partition coefficient (Wildman–Crippen LogP) is 24.6. The number of aliphatic hydroxyl groups is 1. The molecule has 0 heterocycles. The van der Waals surface area contributed by atoms with Gasteiger partial charge in [0, 0.05) is 29.9 Å². The number of benzene rings is 5. The summed E-state index contributed by atoms with van der Waals surface area (Å²) in [5, 5.41) is 11.2. The minimum absolute atomic E-state index is 0. The number of ether oxygens (including phenoxy) is 1. The summed E-state index contributed by atoms with van der Waals surface area (Å²) in [7, 11) is 0. The first-order valence-electron chi connectivity index (χ1n) is 34.9. The highest BCUT2D eigenvalue weighted by atomic mass is 16.5. The Kier molecular flexibility index (Phi) is 58.0. The van der Waals surface area contributed by atoms with Crippen LogP contribution in [0.5, 0.6) is 0 Å². The number of para-hydroxylation sites is 1. The maximum absolute atomic E-state index is 12.0. The number of unbranched alkanes of at least 4 members (excludes halogenated alkanes) is 14. The molecule has 1 unspecified atom stereocenters. The third-order valence-electron chi connectivity index (χ3n) is 15.8. The van der Waals surface area contributed by atoms with Gasteiger partial charge in [-0.2, -0.15) is 0 Å². The molecular formula is C83H134N2O5. The number of carbonyl (C=O) groups excluding carboxylic acids is 3. The van der Waals surface area contributed by atoms with Crippen LogP contribution in [0.25, 0.3) is 0 Å². The van der Waals surface area contributed by atoms with Crippen molar-refractivity contribution >= 4 is 23.5 Å². The number of hydrogen-bond donors (Lipinski definition) is 2. The zero-order valence-electron chi connectivity index (χ0n) is 59.7. The number of aryl methyl sites for hydroxylation is 4. The molecule has 0 saturated heterocycles. The van der Waals surface area contributed by atoms with E-state index in [2.05, 4.69) is 104 Å². The molecule has 1 aliphatic carbocycles. The normalized spacial score (nSPS) is 11.5. The van der Waals surface area contributed by atoms with Crippen molar-refractivity contribution in [1.82, 2.24) is 4.90 Å². The Morgan fingerprint density at radius 1 is 0.544 bits per heavy atom. The Balaban J connectivity index is -0.000000974. The third kappa shape index (κ3) is 45.2. The van der Waals surface area contributed by atoms with Crippen LogP contribution in [-0.2, 0) is 11.2 Å². The molecule has 1 aliphatic rings. The number of rotatable bonds is 27. The molecule has 2 N–H and O–H groups in total. The summed E-state index contributed by atoms with van der Waals surface area (Å²) in [6.07, 6.45) is 37.0. The van der Waals surface area contributed by atoms with Gasteiger partial charge in [-0.05, 0) is 152 Å². The second kappa shape index (κ2) is 59.3. The number of esters is 1. The molecule has 0 aliphatic heterocycles. The molecule has 90 heavy (non-hydrogen) atoms. The highest BCUT2D eigenvalue weighted by Crippen LogP contribution is 2.38. The van der Waals surface area contributed by atoms with Gasteiger partial charge in [0.15, 0.2) is 0 Å². The molecule has 0 bridgehead atoms. The van der Waals surface area contributed by atoms with E-state index >= 15 is 0 Å². The van der Waals surface area contributed by atoms with Gasteiger partial charge in [-0.1, -0.05) is 305 Å². The Labute approximate surface area is 554 Å². The fraction of sp³-hybridized carbons (Fsp3) is 0.554. The zero-order valence-corrected chi connectivity index (χ0v) is 59.7. The van der Waals surface area contributed by atoms with E-state index < -0.39 is 0 Å². The Hall–Kier alpha value is -6.05. The largest absolute Gasteiger partial charge is 0.462 e. The lowest BCUT2D eigenvalue weighted by atomic mass is 9.73. The summed E-state index contributed by atoms with van der Waals surface area (Å²) in [6.45, 7) is 39.3. The van der Waals surface area contributed by atoms with Crippen LogP contribution in [-0.4, -0.2) is 53.6 Å². The first-order valence-corrected chi connectivity index (χ1v) is 34.9. The molecule has 506 valence electrons. The molecule has 6 rings (SSSR count). The molecule has 0 spiro atoms. The van der Waals surface area contributed by atoms with E-state index in [1.54, 1.807) is 13.0 Å². The number of anilines is 1. The van der Waals surface area contributed by atoms with E-state index in [0.29, 0.717) is 23.1 Å². The van der Waals surface area contributed by atoms with Gasteiger partial charge in [-0.25, -0.2) is 4.79 Å². The van der Waals surface area contributed by atoms with Crippen LogP contribution < -0.4 is 5.32 Å². The average Bonchev–Trinajstić information content (AvgIpc) is 2.59. The first kappa shape index (κ1) is 88.1. The summed E-state index contributed by atoms with van der Waals surface area (Å²) in [4.78, 5) is 37.1. The molecule has 0 aromatic heterocycles. The van der Waals surface area contributed by atoms with E-state index in [-0.39, 0.29) is 31.3 Å².